The molecule has 2 aliphatic rings. The minimum absolute atomic E-state index is 0.0560. The van der Waals surface area contributed by atoms with Crippen LogP contribution in [0.5, 0.6) is 0 Å². The van der Waals surface area contributed by atoms with Crippen molar-refractivity contribution >= 4 is 33.2 Å². The van der Waals surface area contributed by atoms with E-state index >= 15 is 0 Å². The number of carbonyl (C=O) groups excluding carboxylic acids is 1. The molecule has 0 aliphatic carbocycles. The van der Waals surface area contributed by atoms with Crippen molar-refractivity contribution in [3.05, 3.63) is 28.8 Å². The predicted molar refractivity (Wildman–Crippen MR) is 95.6 cm³/mol. The smallest absolute Gasteiger partial charge is 0.317 e. The van der Waals surface area contributed by atoms with Crippen molar-refractivity contribution in [2.75, 3.05) is 42.6 Å². The normalized spacial score (nSPS) is 23.3. The second kappa shape index (κ2) is 6.80. The van der Waals surface area contributed by atoms with Crippen LogP contribution in [0.4, 0.5) is 10.5 Å². The lowest BCUT2D eigenvalue weighted by Crippen LogP contribution is -2.53. The number of halogens is 1. The fourth-order valence-corrected chi connectivity index (χ4v) is 5.11. The summed E-state index contributed by atoms with van der Waals surface area (Å²) < 4.78 is 23.0. The van der Waals surface area contributed by atoms with E-state index in [9.17, 15) is 13.2 Å². The van der Waals surface area contributed by atoms with Gasteiger partial charge in [-0.25, -0.2) is 13.2 Å². The molecule has 0 aromatic heterocycles. The molecule has 2 amide bonds. The minimum atomic E-state index is -2.98. The zero-order valence-electron chi connectivity index (χ0n) is 13.7. The number of sulfone groups is 1. The first kappa shape index (κ1) is 17.4. The highest BCUT2D eigenvalue weighted by molar-refractivity contribution is 7.91. The van der Waals surface area contributed by atoms with Crippen molar-refractivity contribution in [2.45, 2.75) is 19.4 Å². The summed E-state index contributed by atoms with van der Waals surface area (Å²) in [5, 5.41) is 3.59. The number of urea groups is 1. The molecule has 2 saturated heterocycles. The maximum Gasteiger partial charge on any atom is 0.317 e. The highest BCUT2D eigenvalue weighted by atomic mass is 35.5. The molecule has 1 aromatic rings. The van der Waals surface area contributed by atoms with Gasteiger partial charge in [0.1, 0.15) is 0 Å². The van der Waals surface area contributed by atoms with E-state index < -0.39 is 9.84 Å². The molecule has 0 saturated carbocycles. The van der Waals surface area contributed by atoms with E-state index in [-0.39, 0.29) is 23.6 Å². The molecule has 1 aromatic carbocycles. The second-order valence-electron chi connectivity index (χ2n) is 6.41. The van der Waals surface area contributed by atoms with Crippen LogP contribution in [-0.2, 0) is 9.84 Å². The van der Waals surface area contributed by atoms with Crippen molar-refractivity contribution in [3.8, 4) is 0 Å². The van der Waals surface area contributed by atoms with E-state index in [4.69, 9.17) is 11.6 Å². The van der Waals surface area contributed by atoms with Crippen LogP contribution in [-0.4, -0.2) is 63.1 Å². The van der Waals surface area contributed by atoms with E-state index in [0.717, 1.165) is 29.4 Å². The fourth-order valence-electron chi connectivity index (χ4n) is 3.26. The summed E-state index contributed by atoms with van der Waals surface area (Å²) in [7, 11) is -2.98. The molecular formula is C16H22ClN3O3S. The Morgan fingerprint density at radius 2 is 1.96 bits per heavy atom. The summed E-state index contributed by atoms with van der Waals surface area (Å²) in [5.41, 5.74) is 2.15. The van der Waals surface area contributed by atoms with Crippen LogP contribution in [0.3, 0.4) is 0 Å². The van der Waals surface area contributed by atoms with Crippen molar-refractivity contribution in [1.29, 1.82) is 0 Å². The van der Waals surface area contributed by atoms with Gasteiger partial charge in [-0.15, -0.1) is 0 Å². The predicted octanol–water partition coefficient (Wildman–Crippen LogP) is 1.67. The molecule has 0 bridgehead atoms. The van der Waals surface area contributed by atoms with Crippen molar-refractivity contribution in [2.24, 2.45) is 0 Å². The van der Waals surface area contributed by atoms with Gasteiger partial charge in [0.25, 0.3) is 0 Å². The number of benzene rings is 1. The van der Waals surface area contributed by atoms with Gasteiger partial charge in [0, 0.05) is 42.9 Å². The van der Waals surface area contributed by atoms with Crippen LogP contribution in [0, 0.1) is 6.92 Å². The number of hydrogen-bond donors (Lipinski definition) is 1. The lowest BCUT2D eigenvalue weighted by molar-refractivity contribution is 0.191. The standard InChI is InChI=1S/C16H22ClN3O3S/c1-12-14(17)3-2-4-15(12)19-6-8-20(9-7-19)16(21)18-13-5-10-24(22,23)11-13/h2-4,13H,5-11H2,1H3,(H,18,21). The van der Waals surface area contributed by atoms with Gasteiger partial charge in [-0.3, -0.25) is 0 Å². The Morgan fingerprint density at radius 3 is 2.58 bits per heavy atom. The third-order valence-electron chi connectivity index (χ3n) is 4.71. The van der Waals surface area contributed by atoms with Crippen LogP contribution < -0.4 is 10.2 Å². The van der Waals surface area contributed by atoms with Gasteiger partial charge in [0.2, 0.25) is 0 Å². The Morgan fingerprint density at radius 1 is 1.25 bits per heavy atom. The molecule has 2 heterocycles. The SMILES string of the molecule is Cc1c(Cl)cccc1N1CCN(C(=O)NC2CCS(=O)(=O)C2)CC1. The summed E-state index contributed by atoms with van der Waals surface area (Å²) in [5.74, 6) is 0.222. The summed E-state index contributed by atoms with van der Waals surface area (Å²) in [6.07, 6.45) is 0.510. The Balaban J connectivity index is 1.55. The molecule has 0 radical (unpaired) electrons. The Bertz CT molecular complexity index is 730. The summed E-state index contributed by atoms with van der Waals surface area (Å²) in [6, 6.07) is 5.43. The number of anilines is 1. The van der Waals surface area contributed by atoms with Crippen LogP contribution in [0.2, 0.25) is 5.02 Å². The third-order valence-corrected chi connectivity index (χ3v) is 6.88. The van der Waals surface area contributed by atoms with Gasteiger partial charge >= 0.3 is 6.03 Å². The van der Waals surface area contributed by atoms with E-state index in [1.165, 1.54) is 0 Å². The minimum Gasteiger partial charge on any atom is -0.368 e. The maximum absolute atomic E-state index is 12.3. The van der Waals surface area contributed by atoms with Crippen LogP contribution in [0.25, 0.3) is 0 Å². The van der Waals surface area contributed by atoms with Crippen LogP contribution >= 0.6 is 11.6 Å². The van der Waals surface area contributed by atoms with E-state index in [0.29, 0.717) is 19.5 Å². The number of nitrogens with one attached hydrogen (secondary N) is 1. The highest BCUT2D eigenvalue weighted by Crippen LogP contribution is 2.27. The summed E-state index contributed by atoms with van der Waals surface area (Å²) in [4.78, 5) is 16.3. The van der Waals surface area contributed by atoms with Gasteiger partial charge in [0.05, 0.1) is 11.5 Å². The largest absolute Gasteiger partial charge is 0.368 e. The molecule has 8 heteroatoms. The van der Waals surface area contributed by atoms with Crippen molar-refractivity contribution < 1.29 is 13.2 Å². The lowest BCUT2D eigenvalue weighted by Gasteiger charge is -2.37. The Labute approximate surface area is 147 Å². The molecule has 1 N–H and O–H groups in total. The number of piperazine rings is 1. The Kier molecular flexibility index (Phi) is 4.92. The molecule has 3 rings (SSSR count). The first-order valence-electron chi connectivity index (χ1n) is 8.12. The second-order valence-corrected chi connectivity index (χ2v) is 9.04. The number of carbonyl (C=O) groups is 1. The number of hydrogen-bond acceptors (Lipinski definition) is 4. The van der Waals surface area contributed by atoms with Crippen LogP contribution in [0.15, 0.2) is 18.2 Å². The molecule has 2 fully saturated rings. The van der Waals surface area contributed by atoms with E-state index in [1.54, 1.807) is 4.90 Å². The first-order chi connectivity index (χ1) is 11.4. The van der Waals surface area contributed by atoms with Crippen molar-refractivity contribution in [3.63, 3.8) is 0 Å². The topological polar surface area (TPSA) is 69.7 Å². The van der Waals surface area contributed by atoms with Gasteiger partial charge in [-0.05, 0) is 31.0 Å². The lowest BCUT2D eigenvalue weighted by atomic mass is 10.1. The maximum atomic E-state index is 12.3. The number of rotatable bonds is 2. The summed E-state index contributed by atoms with van der Waals surface area (Å²) >= 11 is 6.18. The molecule has 0 spiro atoms. The molecule has 24 heavy (non-hydrogen) atoms. The average Bonchev–Trinajstić information content (AvgIpc) is 2.89. The van der Waals surface area contributed by atoms with Crippen molar-refractivity contribution in [1.82, 2.24) is 10.2 Å². The summed E-state index contributed by atoms with van der Waals surface area (Å²) in [6.45, 7) is 4.68. The molecular weight excluding hydrogens is 350 g/mol. The van der Waals surface area contributed by atoms with Gasteiger partial charge in [-0.1, -0.05) is 17.7 Å². The van der Waals surface area contributed by atoms with Gasteiger partial charge < -0.3 is 15.1 Å². The van der Waals surface area contributed by atoms with E-state index in [1.807, 2.05) is 25.1 Å². The average molecular weight is 372 g/mol. The highest BCUT2D eigenvalue weighted by Gasteiger charge is 2.31. The molecule has 1 unspecified atom stereocenters. The van der Waals surface area contributed by atoms with Gasteiger partial charge in [0.15, 0.2) is 9.84 Å². The molecule has 1 atom stereocenters. The first-order valence-corrected chi connectivity index (χ1v) is 10.3. The third kappa shape index (κ3) is 3.78. The van der Waals surface area contributed by atoms with Gasteiger partial charge in [-0.2, -0.15) is 0 Å². The number of nitrogens with zero attached hydrogens (tertiary/aromatic N) is 2. The number of amides is 2. The quantitative estimate of drug-likeness (QED) is 0.858. The monoisotopic (exact) mass is 371 g/mol. The zero-order valence-corrected chi connectivity index (χ0v) is 15.2. The fraction of sp³-hybridized carbons (Fsp3) is 0.562. The molecule has 6 nitrogen and oxygen atoms in total. The molecule has 132 valence electrons. The Hall–Kier alpha value is -1.47. The molecule has 2 aliphatic heterocycles. The van der Waals surface area contributed by atoms with E-state index in [2.05, 4.69) is 10.2 Å². The van der Waals surface area contributed by atoms with Crippen LogP contribution in [0.1, 0.15) is 12.0 Å². The zero-order chi connectivity index (χ0) is 17.3.